The van der Waals surface area contributed by atoms with E-state index in [1.165, 1.54) is 6.07 Å². The number of aromatic nitrogens is 2. The number of aryl methyl sites for hydroxylation is 1. The summed E-state index contributed by atoms with van der Waals surface area (Å²) in [5, 5.41) is 0. The molecule has 5 heteroatoms. The molecule has 0 aliphatic rings. The maximum absolute atomic E-state index is 13.8. The first-order valence-corrected chi connectivity index (χ1v) is 6.16. The van der Waals surface area contributed by atoms with Gasteiger partial charge in [0.15, 0.2) is 5.82 Å². The van der Waals surface area contributed by atoms with Crippen molar-refractivity contribution in [3.8, 4) is 17.1 Å². The van der Waals surface area contributed by atoms with E-state index in [9.17, 15) is 4.39 Å². The number of hydrogen-bond donors (Lipinski definition) is 1. The van der Waals surface area contributed by atoms with E-state index in [1.807, 2.05) is 23.7 Å². The molecule has 1 heterocycles. The van der Waals surface area contributed by atoms with Crippen LogP contribution in [0.1, 0.15) is 0 Å². The van der Waals surface area contributed by atoms with E-state index in [0.29, 0.717) is 22.8 Å². The molecule has 0 atom stereocenters. The molecule has 0 saturated heterocycles. The van der Waals surface area contributed by atoms with Crippen LogP contribution in [0.5, 0.6) is 5.75 Å². The normalized spacial score (nSPS) is 10.9. The maximum atomic E-state index is 13.8. The topological polar surface area (TPSA) is 53.1 Å². The largest absolute Gasteiger partial charge is 0.496 e. The molecule has 2 N–H and O–H groups in total. The first kappa shape index (κ1) is 12.5. The highest BCUT2D eigenvalue weighted by molar-refractivity contribution is 5.82. The number of nitrogens with zero attached hydrogens (tertiary/aromatic N) is 2. The molecule has 0 aliphatic carbocycles. The quantitative estimate of drug-likeness (QED) is 0.729. The molecular weight excluding hydrogens is 257 g/mol. The molecule has 20 heavy (non-hydrogen) atoms. The van der Waals surface area contributed by atoms with Crippen molar-refractivity contribution < 1.29 is 9.13 Å². The van der Waals surface area contributed by atoms with E-state index in [0.717, 1.165) is 11.1 Å². The van der Waals surface area contributed by atoms with Gasteiger partial charge in [-0.15, -0.1) is 0 Å². The summed E-state index contributed by atoms with van der Waals surface area (Å²) < 4.78 is 21.0. The number of benzene rings is 2. The Bertz CT molecular complexity index is 795. The van der Waals surface area contributed by atoms with Crippen LogP contribution >= 0.6 is 0 Å². The van der Waals surface area contributed by atoms with Gasteiger partial charge < -0.3 is 15.0 Å². The van der Waals surface area contributed by atoms with Crippen LogP contribution < -0.4 is 10.5 Å². The summed E-state index contributed by atoms with van der Waals surface area (Å²) in [5.74, 6) is 0.921. The van der Waals surface area contributed by atoms with Gasteiger partial charge >= 0.3 is 0 Å². The molecule has 0 spiro atoms. The predicted molar refractivity (Wildman–Crippen MR) is 77.1 cm³/mol. The van der Waals surface area contributed by atoms with Crippen molar-refractivity contribution in [3.05, 3.63) is 42.2 Å². The third-order valence-corrected chi connectivity index (χ3v) is 3.33. The number of imidazole rings is 1. The van der Waals surface area contributed by atoms with Crippen molar-refractivity contribution in [3.63, 3.8) is 0 Å². The average molecular weight is 271 g/mol. The zero-order chi connectivity index (χ0) is 14.3. The number of para-hydroxylation sites is 1. The van der Waals surface area contributed by atoms with Gasteiger partial charge in [-0.05, 0) is 24.3 Å². The minimum absolute atomic E-state index is 0.334. The standard InChI is InChI=1S/C15H14FN3O/c1-19-12-5-3-4-11(16)14(12)18-15(19)10-7-6-9(17)8-13(10)20-2/h3-8H,17H2,1-2H3. The van der Waals surface area contributed by atoms with Gasteiger partial charge in [-0.1, -0.05) is 6.07 Å². The molecular formula is C15H14FN3O. The number of nitrogen functional groups attached to an aromatic ring is 1. The first-order valence-electron chi connectivity index (χ1n) is 6.16. The van der Waals surface area contributed by atoms with Crippen LogP contribution in [0.2, 0.25) is 0 Å². The molecule has 3 aromatic rings. The Kier molecular flexibility index (Phi) is 2.82. The van der Waals surface area contributed by atoms with Crippen LogP contribution in [-0.4, -0.2) is 16.7 Å². The number of anilines is 1. The van der Waals surface area contributed by atoms with Gasteiger partial charge in [-0.2, -0.15) is 0 Å². The summed E-state index contributed by atoms with van der Waals surface area (Å²) >= 11 is 0. The maximum Gasteiger partial charge on any atom is 0.151 e. The minimum atomic E-state index is -0.334. The Morgan fingerprint density at radius 2 is 2.05 bits per heavy atom. The molecule has 0 bridgehead atoms. The van der Waals surface area contributed by atoms with Crippen molar-refractivity contribution in [1.82, 2.24) is 9.55 Å². The molecule has 4 nitrogen and oxygen atoms in total. The number of rotatable bonds is 2. The van der Waals surface area contributed by atoms with Gasteiger partial charge in [-0.3, -0.25) is 0 Å². The molecule has 0 aliphatic heterocycles. The van der Waals surface area contributed by atoms with Crippen molar-refractivity contribution in [2.75, 3.05) is 12.8 Å². The predicted octanol–water partition coefficient (Wildman–Crippen LogP) is 2.97. The van der Waals surface area contributed by atoms with E-state index >= 15 is 0 Å². The number of halogens is 1. The molecule has 0 saturated carbocycles. The van der Waals surface area contributed by atoms with Gasteiger partial charge in [0.05, 0.1) is 18.2 Å². The van der Waals surface area contributed by atoms with Crippen LogP contribution in [-0.2, 0) is 7.05 Å². The van der Waals surface area contributed by atoms with Crippen LogP contribution in [0.15, 0.2) is 36.4 Å². The number of methoxy groups -OCH3 is 1. The summed E-state index contributed by atoms with van der Waals surface area (Å²) in [7, 11) is 3.42. The highest BCUT2D eigenvalue weighted by Crippen LogP contribution is 2.33. The lowest BCUT2D eigenvalue weighted by atomic mass is 10.1. The second-order valence-electron chi connectivity index (χ2n) is 4.56. The zero-order valence-corrected chi connectivity index (χ0v) is 11.2. The Hall–Kier alpha value is -2.56. The summed E-state index contributed by atoms with van der Waals surface area (Å²) in [6.07, 6.45) is 0. The monoisotopic (exact) mass is 271 g/mol. The average Bonchev–Trinajstić information content (AvgIpc) is 2.78. The fourth-order valence-electron chi connectivity index (χ4n) is 2.31. The number of hydrogen-bond acceptors (Lipinski definition) is 3. The zero-order valence-electron chi connectivity index (χ0n) is 11.2. The van der Waals surface area contributed by atoms with Gasteiger partial charge in [0.1, 0.15) is 17.1 Å². The third-order valence-electron chi connectivity index (χ3n) is 3.33. The summed E-state index contributed by atoms with van der Waals surface area (Å²) in [6.45, 7) is 0. The number of fused-ring (bicyclic) bond motifs is 1. The van der Waals surface area contributed by atoms with Gasteiger partial charge in [0.25, 0.3) is 0 Å². The van der Waals surface area contributed by atoms with E-state index in [2.05, 4.69) is 4.98 Å². The molecule has 0 unspecified atom stereocenters. The molecule has 1 aromatic heterocycles. The van der Waals surface area contributed by atoms with Crippen molar-refractivity contribution in [2.45, 2.75) is 0 Å². The molecule has 0 fully saturated rings. The molecule has 0 radical (unpaired) electrons. The molecule has 2 aromatic carbocycles. The van der Waals surface area contributed by atoms with E-state index < -0.39 is 0 Å². The lowest BCUT2D eigenvalue weighted by Crippen LogP contribution is -1.96. The fraction of sp³-hybridized carbons (Fsp3) is 0.133. The van der Waals surface area contributed by atoms with Crippen molar-refractivity contribution in [2.24, 2.45) is 7.05 Å². The summed E-state index contributed by atoms with van der Waals surface area (Å²) in [6, 6.07) is 10.2. The van der Waals surface area contributed by atoms with Crippen LogP contribution in [0.4, 0.5) is 10.1 Å². The van der Waals surface area contributed by atoms with Crippen LogP contribution in [0.3, 0.4) is 0 Å². The molecule has 3 rings (SSSR count). The van der Waals surface area contributed by atoms with E-state index in [1.54, 1.807) is 25.3 Å². The Balaban J connectivity index is 2.30. The Morgan fingerprint density at radius 1 is 1.25 bits per heavy atom. The van der Waals surface area contributed by atoms with E-state index in [4.69, 9.17) is 10.5 Å². The second-order valence-corrected chi connectivity index (χ2v) is 4.56. The number of ether oxygens (including phenoxy) is 1. The lowest BCUT2D eigenvalue weighted by Gasteiger charge is -2.09. The van der Waals surface area contributed by atoms with Gasteiger partial charge in [0.2, 0.25) is 0 Å². The first-order chi connectivity index (χ1) is 9.61. The fourth-order valence-corrected chi connectivity index (χ4v) is 2.31. The summed E-state index contributed by atoms with van der Waals surface area (Å²) in [4.78, 5) is 4.39. The third kappa shape index (κ3) is 1.79. The highest BCUT2D eigenvalue weighted by atomic mass is 19.1. The smallest absolute Gasteiger partial charge is 0.151 e. The second kappa shape index (κ2) is 4.52. The SMILES string of the molecule is COc1cc(N)ccc1-c1nc2c(F)cccc2n1C. The van der Waals surface area contributed by atoms with Crippen LogP contribution in [0, 0.1) is 5.82 Å². The highest BCUT2D eigenvalue weighted by Gasteiger charge is 2.16. The molecule has 102 valence electrons. The van der Waals surface area contributed by atoms with Crippen molar-refractivity contribution >= 4 is 16.7 Å². The van der Waals surface area contributed by atoms with Crippen LogP contribution in [0.25, 0.3) is 22.4 Å². The van der Waals surface area contributed by atoms with Gasteiger partial charge in [-0.25, -0.2) is 9.37 Å². The van der Waals surface area contributed by atoms with E-state index in [-0.39, 0.29) is 5.82 Å². The summed E-state index contributed by atoms with van der Waals surface area (Å²) in [5.41, 5.74) is 8.22. The van der Waals surface area contributed by atoms with Gasteiger partial charge in [0, 0.05) is 18.8 Å². The molecule has 0 amide bonds. The minimum Gasteiger partial charge on any atom is -0.496 e. The Labute approximate surface area is 115 Å². The van der Waals surface area contributed by atoms with Crippen molar-refractivity contribution in [1.29, 1.82) is 0 Å². The Morgan fingerprint density at radius 3 is 2.75 bits per heavy atom. The number of nitrogens with two attached hydrogens (primary N) is 1. The lowest BCUT2D eigenvalue weighted by molar-refractivity contribution is 0.416.